The van der Waals surface area contributed by atoms with Crippen LogP contribution in [0.15, 0.2) is 6.20 Å². The third-order valence-corrected chi connectivity index (χ3v) is 7.56. The topological polar surface area (TPSA) is 139 Å². The summed E-state index contributed by atoms with van der Waals surface area (Å²) < 4.78 is 18.5. The van der Waals surface area contributed by atoms with E-state index in [-0.39, 0.29) is 30.2 Å². The number of fused-ring (bicyclic) bond motifs is 1. The van der Waals surface area contributed by atoms with Crippen LogP contribution in [-0.4, -0.2) is 110 Å². The molecule has 13 heteroatoms. The fraction of sp³-hybridized carbons (Fsp3) is 0.778. The number of rotatable bonds is 8. The first-order chi connectivity index (χ1) is 19.1. The van der Waals surface area contributed by atoms with Gasteiger partial charge in [0.2, 0.25) is 18.3 Å². The summed E-state index contributed by atoms with van der Waals surface area (Å²) in [6.07, 6.45) is 3.78. The Labute approximate surface area is 235 Å². The van der Waals surface area contributed by atoms with E-state index in [2.05, 4.69) is 29.6 Å². The number of piperidine rings is 1. The molecule has 2 aromatic heterocycles. The van der Waals surface area contributed by atoms with Crippen molar-refractivity contribution in [1.29, 1.82) is 0 Å². The van der Waals surface area contributed by atoms with Gasteiger partial charge in [-0.2, -0.15) is 19.6 Å². The lowest BCUT2D eigenvalue weighted by atomic mass is 10.1. The quantitative estimate of drug-likeness (QED) is 0.411. The summed E-state index contributed by atoms with van der Waals surface area (Å²) in [4.78, 5) is 25.3. The van der Waals surface area contributed by atoms with E-state index in [1.807, 2.05) is 31.9 Å². The minimum absolute atomic E-state index is 0.163. The summed E-state index contributed by atoms with van der Waals surface area (Å²) in [5.41, 5.74) is 1.36. The number of hydrogen-bond acceptors (Lipinski definition) is 11. The van der Waals surface area contributed by atoms with E-state index in [4.69, 9.17) is 24.2 Å². The molecule has 2 aromatic rings. The Hall–Kier alpha value is -2.74. The molecule has 0 spiro atoms. The van der Waals surface area contributed by atoms with Crippen LogP contribution in [0.3, 0.4) is 0 Å². The van der Waals surface area contributed by atoms with Crippen molar-refractivity contribution in [1.82, 2.24) is 29.4 Å². The predicted molar refractivity (Wildman–Crippen MR) is 149 cm³/mol. The zero-order chi connectivity index (χ0) is 28.4. The van der Waals surface area contributed by atoms with Gasteiger partial charge >= 0.3 is 6.09 Å². The highest BCUT2D eigenvalue weighted by molar-refractivity contribution is 5.69. The molecule has 3 saturated heterocycles. The molecule has 222 valence electrons. The lowest BCUT2D eigenvalue weighted by molar-refractivity contribution is -0.240. The van der Waals surface area contributed by atoms with Crippen LogP contribution >= 0.6 is 0 Å². The Morgan fingerprint density at radius 3 is 2.40 bits per heavy atom. The molecule has 3 fully saturated rings. The summed E-state index contributed by atoms with van der Waals surface area (Å²) in [7, 11) is 0. The van der Waals surface area contributed by atoms with Gasteiger partial charge < -0.3 is 34.9 Å². The molecule has 1 unspecified atom stereocenters. The maximum absolute atomic E-state index is 12.1. The number of ether oxygens (including phenoxy) is 3. The van der Waals surface area contributed by atoms with E-state index in [9.17, 15) is 9.90 Å². The van der Waals surface area contributed by atoms with Crippen LogP contribution in [-0.2, 0) is 14.2 Å². The van der Waals surface area contributed by atoms with Crippen molar-refractivity contribution in [3.63, 3.8) is 0 Å². The zero-order valence-electron chi connectivity index (χ0n) is 24.3. The molecule has 1 atom stereocenters. The molecule has 0 aromatic carbocycles. The number of carbonyl (C=O) groups is 1. The molecule has 0 radical (unpaired) electrons. The molecule has 0 saturated carbocycles. The number of aliphatic hydroxyl groups is 1. The molecule has 1 amide bonds. The largest absolute Gasteiger partial charge is 0.444 e. The highest BCUT2D eigenvalue weighted by Gasteiger charge is 2.37. The van der Waals surface area contributed by atoms with Gasteiger partial charge in [0, 0.05) is 44.0 Å². The van der Waals surface area contributed by atoms with Gasteiger partial charge in [0.15, 0.2) is 5.65 Å². The van der Waals surface area contributed by atoms with Crippen molar-refractivity contribution < 1.29 is 24.1 Å². The second-order valence-electron chi connectivity index (χ2n) is 12.3. The maximum atomic E-state index is 12.1. The molecule has 3 aliphatic rings. The molecule has 5 rings (SSSR count). The monoisotopic (exact) mass is 560 g/mol. The average Bonchev–Trinajstić information content (AvgIpc) is 3.30. The number of amides is 1. The number of aromatic nitrogens is 4. The zero-order valence-corrected chi connectivity index (χ0v) is 24.3. The number of hydrogen-bond donors (Lipinski definition) is 3. The smallest absolute Gasteiger partial charge is 0.410 e. The predicted octanol–water partition coefficient (Wildman–Crippen LogP) is 2.63. The van der Waals surface area contributed by atoms with Crippen LogP contribution in [0.25, 0.3) is 5.65 Å². The highest BCUT2D eigenvalue weighted by Crippen LogP contribution is 2.25. The van der Waals surface area contributed by atoms with Crippen molar-refractivity contribution in [2.45, 2.75) is 96.4 Å². The summed E-state index contributed by atoms with van der Waals surface area (Å²) in [6.45, 7) is 13.5. The number of anilines is 2. The van der Waals surface area contributed by atoms with Gasteiger partial charge in [0.1, 0.15) is 5.60 Å². The second-order valence-corrected chi connectivity index (χ2v) is 12.3. The second kappa shape index (κ2) is 12.0. The first-order valence-electron chi connectivity index (χ1n) is 14.5. The summed E-state index contributed by atoms with van der Waals surface area (Å²) >= 11 is 0. The summed E-state index contributed by atoms with van der Waals surface area (Å²) in [5.74, 6) is 1.55. The van der Waals surface area contributed by atoms with Gasteiger partial charge in [0.25, 0.3) is 0 Å². The molecule has 0 aliphatic carbocycles. The number of carbonyl (C=O) groups excluding carboxylic acids is 1. The van der Waals surface area contributed by atoms with Gasteiger partial charge in [-0.05, 0) is 52.4 Å². The molecule has 5 heterocycles. The van der Waals surface area contributed by atoms with Gasteiger partial charge in [0.05, 0.1) is 25.4 Å². The van der Waals surface area contributed by atoms with Crippen LogP contribution in [0.4, 0.5) is 16.7 Å². The molecular formula is C27H44N8O5. The fourth-order valence-corrected chi connectivity index (χ4v) is 5.19. The lowest BCUT2D eigenvalue weighted by Gasteiger charge is -2.42. The molecule has 40 heavy (non-hydrogen) atoms. The van der Waals surface area contributed by atoms with E-state index in [1.165, 1.54) is 0 Å². The third-order valence-electron chi connectivity index (χ3n) is 7.56. The first kappa shape index (κ1) is 28.8. The summed E-state index contributed by atoms with van der Waals surface area (Å²) in [5, 5.41) is 22.4. The number of likely N-dealkylation sites (tertiary alicyclic amines) is 2. The van der Waals surface area contributed by atoms with Crippen LogP contribution < -0.4 is 10.6 Å². The van der Waals surface area contributed by atoms with Crippen molar-refractivity contribution in [3.05, 3.63) is 11.8 Å². The lowest BCUT2D eigenvalue weighted by Crippen LogP contribution is -2.58. The first-order valence-corrected chi connectivity index (χ1v) is 14.5. The molecular weight excluding hydrogens is 516 g/mol. The maximum Gasteiger partial charge on any atom is 0.410 e. The third kappa shape index (κ3) is 6.93. The SMILES string of the molecule is CC(C)c1cnn2c(NC3CCN(C(O)OC4CN(C(=O)OC(C)(C)C)C4)CC3)nc(NC3CCOCC3)nc12. The van der Waals surface area contributed by atoms with Crippen LogP contribution in [0.2, 0.25) is 0 Å². The average molecular weight is 561 g/mol. The molecule has 0 bridgehead atoms. The Morgan fingerprint density at radius 2 is 1.75 bits per heavy atom. The molecule has 3 N–H and O–H groups in total. The van der Waals surface area contributed by atoms with Gasteiger partial charge in [-0.25, -0.2) is 4.79 Å². The van der Waals surface area contributed by atoms with E-state index in [0.717, 1.165) is 50.1 Å². The van der Waals surface area contributed by atoms with Crippen LogP contribution in [0, 0.1) is 0 Å². The number of aliphatic hydroxyl groups excluding tert-OH is 1. The Kier molecular flexibility index (Phi) is 8.64. The van der Waals surface area contributed by atoms with E-state index in [0.29, 0.717) is 38.1 Å². The Balaban J connectivity index is 1.15. The normalized spacial score (nSPS) is 21.0. The summed E-state index contributed by atoms with van der Waals surface area (Å²) in [6, 6.07) is 0.446. The fourth-order valence-electron chi connectivity index (χ4n) is 5.19. The van der Waals surface area contributed by atoms with Crippen LogP contribution in [0.5, 0.6) is 0 Å². The van der Waals surface area contributed by atoms with E-state index < -0.39 is 12.0 Å². The van der Waals surface area contributed by atoms with Gasteiger partial charge in [-0.1, -0.05) is 13.8 Å². The molecule has 3 aliphatic heterocycles. The van der Waals surface area contributed by atoms with E-state index in [1.54, 1.807) is 9.42 Å². The highest BCUT2D eigenvalue weighted by atomic mass is 16.6. The van der Waals surface area contributed by atoms with Crippen molar-refractivity contribution in [2.75, 3.05) is 50.0 Å². The van der Waals surface area contributed by atoms with E-state index >= 15 is 0 Å². The Morgan fingerprint density at radius 1 is 1.07 bits per heavy atom. The van der Waals surface area contributed by atoms with Gasteiger partial charge in [-0.15, -0.1) is 0 Å². The standard InChI is InChI=1S/C27H44N8O5/c1-17(2)21-14-28-35-22(21)31-23(29-19-8-12-38-13-9-19)32-24(35)30-18-6-10-33(11-7-18)25(36)39-20-15-34(16-20)26(37)40-27(3,4)5/h14,17-20,25,36H,6-13,15-16H2,1-5H3,(H2,29,30,31,32). The minimum atomic E-state index is -1.01. The molecule has 13 nitrogen and oxygen atoms in total. The number of nitrogens with one attached hydrogen (secondary N) is 2. The number of nitrogens with zero attached hydrogens (tertiary/aromatic N) is 6. The van der Waals surface area contributed by atoms with Gasteiger partial charge in [-0.3, -0.25) is 4.90 Å². The minimum Gasteiger partial charge on any atom is -0.444 e. The van der Waals surface area contributed by atoms with Crippen LogP contribution in [0.1, 0.15) is 71.8 Å². The van der Waals surface area contributed by atoms with Crippen molar-refractivity contribution in [3.8, 4) is 0 Å². The van der Waals surface area contributed by atoms with Crippen molar-refractivity contribution in [2.24, 2.45) is 0 Å². The Bertz CT molecular complexity index is 1150. The van der Waals surface area contributed by atoms with Crippen molar-refractivity contribution >= 4 is 23.6 Å².